The first-order valence-electron chi connectivity index (χ1n) is 13.6. The molecule has 2 rings (SSSR count). The number of carboxylic acid groups (broad SMARTS) is 1. The highest BCUT2D eigenvalue weighted by atomic mass is 32.1. The van der Waals surface area contributed by atoms with Crippen molar-refractivity contribution in [1.82, 2.24) is 31.6 Å². The SMILES string of the molecule is CCCCNC(=O)C[C@H](NC(=O)[C@H](CC(C)C)NC(=O)[C@H](Cc1csc(OC)n1)NC(=O)O)C(=O)[C@@H]1CCNC1=O. The van der Waals surface area contributed by atoms with Crippen molar-refractivity contribution in [1.29, 1.82) is 0 Å². The van der Waals surface area contributed by atoms with Gasteiger partial charge in [-0.2, -0.15) is 0 Å². The van der Waals surface area contributed by atoms with E-state index in [1.165, 1.54) is 18.4 Å². The largest absolute Gasteiger partial charge is 0.473 e. The van der Waals surface area contributed by atoms with Crippen LogP contribution in [0.25, 0.3) is 0 Å². The quantitative estimate of drug-likeness (QED) is 0.108. The molecule has 0 bridgehead atoms. The summed E-state index contributed by atoms with van der Waals surface area (Å²) in [5.74, 6) is -4.08. The first-order chi connectivity index (χ1) is 19.4. The van der Waals surface area contributed by atoms with Crippen LogP contribution in [0.2, 0.25) is 0 Å². The molecule has 1 aromatic rings. The van der Waals surface area contributed by atoms with E-state index in [1.807, 2.05) is 20.8 Å². The van der Waals surface area contributed by atoms with Gasteiger partial charge in [0.25, 0.3) is 5.19 Å². The van der Waals surface area contributed by atoms with E-state index in [2.05, 4.69) is 31.6 Å². The van der Waals surface area contributed by atoms with Gasteiger partial charge in [-0.25, -0.2) is 9.78 Å². The molecule has 1 aliphatic rings. The summed E-state index contributed by atoms with van der Waals surface area (Å²) < 4.78 is 5.05. The number of aromatic nitrogens is 1. The molecular formula is C26H40N6O8S. The first kappa shape index (κ1) is 33.5. The van der Waals surface area contributed by atoms with Crippen LogP contribution < -0.4 is 31.3 Å². The summed E-state index contributed by atoms with van der Waals surface area (Å²) in [6, 6.07) is -3.72. The summed E-state index contributed by atoms with van der Waals surface area (Å²) in [6.07, 6.45) is 0.105. The van der Waals surface area contributed by atoms with E-state index in [0.29, 0.717) is 24.0 Å². The van der Waals surface area contributed by atoms with Crippen LogP contribution in [0.15, 0.2) is 5.38 Å². The van der Waals surface area contributed by atoms with Crippen LogP contribution in [-0.4, -0.2) is 83.9 Å². The molecular weight excluding hydrogens is 556 g/mol. The zero-order chi connectivity index (χ0) is 30.5. The number of unbranched alkanes of at least 4 members (excludes halogenated alkanes) is 1. The summed E-state index contributed by atoms with van der Waals surface area (Å²) in [5, 5.41) is 23.9. The third-order valence-corrected chi connectivity index (χ3v) is 7.22. The molecule has 0 saturated carbocycles. The lowest BCUT2D eigenvalue weighted by atomic mass is 9.93. The topological polar surface area (TPSA) is 205 Å². The van der Waals surface area contributed by atoms with E-state index in [-0.39, 0.29) is 31.6 Å². The number of hydrogen-bond acceptors (Lipinski definition) is 9. The number of carbonyl (C=O) groups is 6. The molecule has 1 aromatic heterocycles. The molecule has 1 saturated heterocycles. The van der Waals surface area contributed by atoms with Gasteiger partial charge in [-0.15, -0.1) is 0 Å². The Bertz CT molecular complexity index is 1090. The molecule has 2 heterocycles. The molecule has 228 valence electrons. The second-order valence-corrected chi connectivity index (χ2v) is 11.0. The average molecular weight is 597 g/mol. The van der Waals surface area contributed by atoms with Crippen LogP contribution in [0.5, 0.6) is 5.19 Å². The lowest BCUT2D eigenvalue weighted by Crippen LogP contribution is -2.57. The molecule has 41 heavy (non-hydrogen) atoms. The molecule has 15 heteroatoms. The van der Waals surface area contributed by atoms with Crippen molar-refractivity contribution in [3.8, 4) is 5.19 Å². The van der Waals surface area contributed by atoms with Gasteiger partial charge in [0.1, 0.15) is 18.0 Å². The fourth-order valence-electron chi connectivity index (χ4n) is 4.28. The number of hydrogen-bond donors (Lipinski definition) is 6. The van der Waals surface area contributed by atoms with Gasteiger partial charge in [0.2, 0.25) is 23.6 Å². The predicted molar refractivity (Wildman–Crippen MR) is 149 cm³/mol. The number of rotatable bonds is 17. The number of nitrogens with zero attached hydrogens (tertiary/aromatic N) is 1. The molecule has 1 aliphatic heterocycles. The van der Waals surface area contributed by atoms with Crippen molar-refractivity contribution in [3.63, 3.8) is 0 Å². The molecule has 0 aromatic carbocycles. The Labute approximate surface area is 242 Å². The Balaban J connectivity index is 2.22. The third-order valence-electron chi connectivity index (χ3n) is 6.37. The first-order valence-corrected chi connectivity index (χ1v) is 14.5. The van der Waals surface area contributed by atoms with Crippen molar-refractivity contribution in [2.75, 3.05) is 20.2 Å². The molecule has 0 unspecified atom stereocenters. The van der Waals surface area contributed by atoms with Crippen molar-refractivity contribution < 1.29 is 38.6 Å². The summed E-state index contributed by atoms with van der Waals surface area (Å²) >= 11 is 1.18. The Morgan fingerprint density at radius 3 is 2.37 bits per heavy atom. The smallest absolute Gasteiger partial charge is 0.405 e. The van der Waals surface area contributed by atoms with Crippen molar-refractivity contribution in [3.05, 3.63) is 11.1 Å². The van der Waals surface area contributed by atoms with Crippen LogP contribution in [0, 0.1) is 11.8 Å². The van der Waals surface area contributed by atoms with E-state index in [1.54, 1.807) is 5.38 Å². The van der Waals surface area contributed by atoms with Crippen LogP contribution in [0.3, 0.4) is 0 Å². The minimum atomic E-state index is -1.44. The Kier molecular flexibility index (Phi) is 13.5. The van der Waals surface area contributed by atoms with Gasteiger partial charge in [-0.3, -0.25) is 24.0 Å². The Morgan fingerprint density at radius 1 is 1.12 bits per heavy atom. The lowest BCUT2D eigenvalue weighted by Gasteiger charge is -2.26. The van der Waals surface area contributed by atoms with Crippen LogP contribution >= 0.6 is 11.3 Å². The van der Waals surface area contributed by atoms with Crippen LogP contribution in [0.4, 0.5) is 4.79 Å². The third kappa shape index (κ3) is 11.0. The molecule has 14 nitrogen and oxygen atoms in total. The monoisotopic (exact) mass is 596 g/mol. The average Bonchev–Trinajstić information content (AvgIpc) is 3.55. The minimum Gasteiger partial charge on any atom is -0.473 e. The predicted octanol–water partition coefficient (Wildman–Crippen LogP) is 0.358. The van der Waals surface area contributed by atoms with Crippen molar-refractivity contribution in [2.45, 2.75) is 77.4 Å². The van der Waals surface area contributed by atoms with Gasteiger partial charge in [0, 0.05) is 24.9 Å². The van der Waals surface area contributed by atoms with Gasteiger partial charge in [-0.05, 0) is 25.2 Å². The van der Waals surface area contributed by atoms with Gasteiger partial charge < -0.3 is 36.4 Å². The summed E-state index contributed by atoms with van der Waals surface area (Å²) in [7, 11) is 1.43. The zero-order valence-corrected chi connectivity index (χ0v) is 24.6. The zero-order valence-electron chi connectivity index (χ0n) is 23.8. The van der Waals surface area contributed by atoms with E-state index >= 15 is 0 Å². The Morgan fingerprint density at radius 2 is 1.80 bits per heavy atom. The summed E-state index contributed by atoms with van der Waals surface area (Å²) in [6.45, 7) is 6.34. The normalized spacial score (nSPS) is 16.7. The fraction of sp³-hybridized carbons (Fsp3) is 0.654. The van der Waals surface area contributed by atoms with E-state index in [0.717, 1.165) is 12.8 Å². The van der Waals surface area contributed by atoms with Gasteiger partial charge >= 0.3 is 6.09 Å². The summed E-state index contributed by atoms with van der Waals surface area (Å²) in [5.41, 5.74) is 0.417. The number of ether oxygens (including phenoxy) is 1. The maximum atomic E-state index is 13.4. The molecule has 5 amide bonds. The number of methoxy groups -OCH3 is 1. The summed E-state index contributed by atoms with van der Waals surface area (Å²) in [4.78, 5) is 80.2. The maximum Gasteiger partial charge on any atom is 0.405 e. The highest BCUT2D eigenvalue weighted by Gasteiger charge is 2.38. The number of amides is 5. The van der Waals surface area contributed by atoms with Crippen LogP contribution in [0.1, 0.15) is 58.6 Å². The molecule has 0 spiro atoms. The van der Waals surface area contributed by atoms with Gasteiger partial charge in [-0.1, -0.05) is 38.5 Å². The molecule has 4 atom stereocenters. The Hall–Kier alpha value is -3.75. The second-order valence-electron chi connectivity index (χ2n) is 10.2. The standard InChI is InChI=1S/C26H40N6O8S/c1-5-6-8-27-20(33)12-17(21(34)16-7-9-28-22(16)35)30-23(36)18(10-14(2)3)31-24(37)19(32-25(38)39)11-15-13-41-26(29-15)40-4/h13-14,16-19,32H,5-12H2,1-4H3,(H,27,33)(H,28,35)(H,30,36)(H,31,37)(H,38,39)/t16-,17-,18-,19-/m0/s1. The molecule has 1 fully saturated rings. The fourth-order valence-corrected chi connectivity index (χ4v) is 4.94. The van der Waals surface area contributed by atoms with Gasteiger partial charge in [0.05, 0.1) is 25.3 Å². The van der Waals surface area contributed by atoms with E-state index in [9.17, 15) is 33.9 Å². The number of ketones is 1. The van der Waals surface area contributed by atoms with Crippen molar-refractivity contribution >= 4 is 46.8 Å². The number of carbonyl (C=O) groups excluding carboxylic acids is 5. The second kappa shape index (κ2) is 16.5. The highest BCUT2D eigenvalue weighted by Crippen LogP contribution is 2.19. The minimum absolute atomic E-state index is 0.0770. The number of Topliss-reactive ketones (excluding diaryl/α,β-unsaturated/α-hetero) is 1. The van der Waals surface area contributed by atoms with Crippen molar-refractivity contribution in [2.24, 2.45) is 11.8 Å². The number of nitrogens with one attached hydrogen (secondary N) is 5. The van der Waals surface area contributed by atoms with E-state index in [4.69, 9.17) is 4.74 Å². The van der Waals surface area contributed by atoms with Gasteiger partial charge in [0.15, 0.2) is 5.78 Å². The lowest BCUT2D eigenvalue weighted by molar-refractivity contribution is -0.138. The van der Waals surface area contributed by atoms with Crippen LogP contribution in [-0.2, 0) is 30.4 Å². The molecule has 0 radical (unpaired) electrons. The number of thiazole rings is 1. The maximum absolute atomic E-state index is 13.4. The highest BCUT2D eigenvalue weighted by molar-refractivity contribution is 7.11. The van der Waals surface area contributed by atoms with E-state index < -0.39 is 59.5 Å². The molecule has 6 N–H and O–H groups in total. The molecule has 0 aliphatic carbocycles.